The van der Waals surface area contributed by atoms with Gasteiger partial charge in [-0.15, -0.1) is 0 Å². The average molecular weight is 371 g/mol. The molecule has 140 valence electrons. The molecule has 0 saturated heterocycles. The Morgan fingerprint density at radius 2 is 2.00 bits per heavy atom. The largest absolute Gasteiger partial charge is 0.353 e. The van der Waals surface area contributed by atoms with E-state index in [1.165, 1.54) is 12.5 Å². The molecule has 6 heteroatoms. The van der Waals surface area contributed by atoms with Gasteiger partial charge in [-0.1, -0.05) is 12.1 Å². The molecule has 0 bridgehead atoms. The predicted octanol–water partition coefficient (Wildman–Crippen LogP) is 3.88. The van der Waals surface area contributed by atoms with E-state index in [4.69, 9.17) is 0 Å². The molecule has 0 unspecified atom stereocenters. The van der Waals surface area contributed by atoms with Crippen molar-refractivity contribution < 1.29 is 4.79 Å². The first-order valence-corrected chi connectivity index (χ1v) is 9.13. The fourth-order valence-electron chi connectivity index (χ4n) is 3.31. The third-order valence-electron chi connectivity index (χ3n) is 4.88. The van der Waals surface area contributed by atoms with Crippen LogP contribution in [0.3, 0.4) is 0 Å². The molecule has 4 aromatic rings. The molecule has 3 aromatic heterocycles. The van der Waals surface area contributed by atoms with Crippen LogP contribution in [0.15, 0.2) is 48.9 Å². The van der Waals surface area contributed by atoms with E-state index in [-0.39, 0.29) is 5.91 Å². The molecule has 0 saturated carbocycles. The second kappa shape index (κ2) is 7.23. The minimum atomic E-state index is -0.173. The number of pyridine rings is 1. The van der Waals surface area contributed by atoms with Crippen molar-refractivity contribution >= 4 is 16.8 Å². The Kier molecular flexibility index (Phi) is 4.61. The lowest BCUT2D eigenvalue weighted by Crippen LogP contribution is -2.24. The number of carbonyl (C=O) groups excluding carboxylic acids is 1. The van der Waals surface area contributed by atoms with Crippen LogP contribution in [0.25, 0.3) is 22.3 Å². The van der Waals surface area contributed by atoms with Gasteiger partial charge in [-0.05, 0) is 56.2 Å². The molecular formula is C22H21N5O. The van der Waals surface area contributed by atoms with Crippen molar-refractivity contribution in [2.75, 3.05) is 0 Å². The summed E-state index contributed by atoms with van der Waals surface area (Å²) >= 11 is 0. The number of benzene rings is 1. The molecular weight excluding hydrogens is 350 g/mol. The Morgan fingerprint density at radius 3 is 2.79 bits per heavy atom. The molecule has 0 aliphatic carbocycles. The van der Waals surface area contributed by atoms with Crippen LogP contribution < -0.4 is 5.32 Å². The van der Waals surface area contributed by atoms with E-state index in [9.17, 15) is 4.79 Å². The molecule has 0 spiro atoms. The molecule has 0 aliphatic heterocycles. The predicted molar refractivity (Wildman–Crippen MR) is 109 cm³/mol. The first-order valence-electron chi connectivity index (χ1n) is 9.13. The maximum absolute atomic E-state index is 12.4. The second-order valence-electron chi connectivity index (χ2n) is 6.87. The van der Waals surface area contributed by atoms with Crippen molar-refractivity contribution in [3.05, 3.63) is 77.0 Å². The van der Waals surface area contributed by atoms with Gasteiger partial charge in [-0.3, -0.25) is 9.78 Å². The van der Waals surface area contributed by atoms with E-state index in [1.54, 1.807) is 6.92 Å². The highest BCUT2D eigenvalue weighted by Gasteiger charge is 2.13. The van der Waals surface area contributed by atoms with Crippen LogP contribution in [0.1, 0.15) is 32.9 Å². The van der Waals surface area contributed by atoms with Crippen molar-refractivity contribution in [1.82, 2.24) is 25.3 Å². The highest BCUT2D eigenvalue weighted by atomic mass is 16.1. The van der Waals surface area contributed by atoms with Gasteiger partial charge < -0.3 is 10.3 Å². The van der Waals surface area contributed by atoms with E-state index in [0.717, 1.165) is 39.1 Å². The smallest absolute Gasteiger partial charge is 0.254 e. The summed E-state index contributed by atoms with van der Waals surface area (Å²) in [4.78, 5) is 28.5. The van der Waals surface area contributed by atoms with Gasteiger partial charge in [0.15, 0.2) is 0 Å². The number of aryl methyl sites for hydroxylation is 3. The molecule has 1 aromatic carbocycles. The normalized spacial score (nSPS) is 11.0. The Bertz CT molecular complexity index is 1180. The molecule has 2 N–H and O–H groups in total. The molecule has 6 nitrogen and oxygen atoms in total. The van der Waals surface area contributed by atoms with Crippen molar-refractivity contribution in [2.45, 2.75) is 27.3 Å². The van der Waals surface area contributed by atoms with Gasteiger partial charge in [0, 0.05) is 29.3 Å². The number of nitrogens with one attached hydrogen (secondary N) is 2. The van der Waals surface area contributed by atoms with Gasteiger partial charge >= 0.3 is 0 Å². The third-order valence-corrected chi connectivity index (χ3v) is 4.88. The van der Waals surface area contributed by atoms with Gasteiger partial charge in [0.05, 0.1) is 22.6 Å². The summed E-state index contributed by atoms with van der Waals surface area (Å²) in [5.41, 5.74) is 7.33. The molecule has 0 aliphatic rings. The quantitative estimate of drug-likeness (QED) is 0.570. The van der Waals surface area contributed by atoms with Crippen LogP contribution in [0, 0.1) is 20.8 Å². The van der Waals surface area contributed by atoms with Crippen molar-refractivity contribution in [3.63, 3.8) is 0 Å². The summed E-state index contributed by atoms with van der Waals surface area (Å²) in [5, 5.41) is 4.07. The van der Waals surface area contributed by atoms with Crippen molar-refractivity contribution in [2.24, 2.45) is 0 Å². The van der Waals surface area contributed by atoms with Crippen LogP contribution in [-0.4, -0.2) is 25.8 Å². The summed E-state index contributed by atoms with van der Waals surface area (Å²) in [7, 11) is 0. The van der Waals surface area contributed by atoms with Gasteiger partial charge in [0.1, 0.15) is 6.33 Å². The van der Waals surface area contributed by atoms with E-state index in [1.807, 2.05) is 37.3 Å². The molecule has 28 heavy (non-hydrogen) atoms. The van der Waals surface area contributed by atoms with Crippen molar-refractivity contribution in [1.29, 1.82) is 0 Å². The number of hydrogen-bond donors (Lipinski definition) is 2. The van der Waals surface area contributed by atoms with E-state index < -0.39 is 0 Å². The molecule has 4 rings (SSSR count). The lowest BCUT2D eigenvalue weighted by Gasteiger charge is -2.07. The monoisotopic (exact) mass is 371 g/mol. The Hall–Kier alpha value is -3.54. The summed E-state index contributed by atoms with van der Waals surface area (Å²) in [6.07, 6.45) is 2.98. The average Bonchev–Trinajstić information content (AvgIpc) is 3.03. The van der Waals surface area contributed by atoms with Gasteiger partial charge in [-0.25, -0.2) is 9.97 Å². The minimum Gasteiger partial charge on any atom is -0.353 e. The summed E-state index contributed by atoms with van der Waals surface area (Å²) in [5.74, 6) is -0.173. The number of carbonyl (C=O) groups is 1. The highest BCUT2D eigenvalue weighted by molar-refractivity contribution is 5.95. The van der Waals surface area contributed by atoms with Crippen LogP contribution in [0.4, 0.5) is 0 Å². The van der Waals surface area contributed by atoms with Crippen LogP contribution in [-0.2, 0) is 6.54 Å². The maximum atomic E-state index is 12.4. The molecule has 0 radical (unpaired) electrons. The van der Waals surface area contributed by atoms with Gasteiger partial charge in [0.25, 0.3) is 5.91 Å². The van der Waals surface area contributed by atoms with Crippen LogP contribution in [0.2, 0.25) is 0 Å². The topological polar surface area (TPSA) is 83.6 Å². The lowest BCUT2D eigenvalue weighted by atomic mass is 10.1. The zero-order chi connectivity index (χ0) is 19.7. The zero-order valence-electron chi connectivity index (χ0n) is 16.1. The number of aromatic amines is 1. The van der Waals surface area contributed by atoms with Crippen molar-refractivity contribution in [3.8, 4) is 11.4 Å². The van der Waals surface area contributed by atoms with Crippen LogP contribution in [0.5, 0.6) is 0 Å². The number of fused-ring (bicyclic) bond motifs is 1. The van der Waals surface area contributed by atoms with E-state index in [2.05, 4.69) is 38.2 Å². The second-order valence-corrected chi connectivity index (χ2v) is 6.87. The fraction of sp³-hybridized carbons (Fsp3) is 0.182. The Morgan fingerprint density at radius 1 is 1.14 bits per heavy atom. The number of hydrogen-bond acceptors (Lipinski definition) is 4. The fourth-order valence-corrected chi connectivity index (χ4v) is 3.31. The van der Waals surface area contributed by atoms with Gasteiger partial charge in [0.2, 0.25) is 0 Å². The third kappa shape index (κ3) is 3.36. The minimum absolute atomic E-state index is 0.173. The highest BCUT2D eigenvalue weighted by Crippen LogP contribution is 2.29. The molecule has 1 amide bonds. The molecule has 0 fully saturated rings. The zero-order valence-corrected chi connectivity index (χ0v) is 16.1. The summed E-state index contributed by atoms with van der Waals surface area (Å²) in [6, 6.07) is 12.2. The molecule has 3 heterocycles. The first-order chi connectivity index (χ1) is 13.5. The summed E-state index contributed by atoms with van der Waals surface area (Å²) in [6.45, 7) is 6.31. The van der Waals surface area contributed by atoms with E-state index in [0.29, 0.717) is 17.8 Å². The SMILES string of the molecule is Cc1cccc(-c2[nH]c3ccc(CNC(=O)c4cncnc4C)cc3c2C)n1. The Labute approximate surface area is 163 Å². The standard InChI is InChI=1S/C22H21N5O/c1-13-5-4-6-20(26-13)21-14(2)17-9-16(7-8-19(17)27-21)10-24-22(28)18-11-23-12-25-15(18)3/h4-9,11-12,27H,10H2,1-3H3,(H,24,28). The maximum Gasteiger partial charge on any atom is 0.254 e. The van der Waals surface area contributed by atoms with Gasteiger partial charge in [-0.2, -0.15) is 0 Å². The van der Waals surface area contributed by atoms with E-state index >= 15 is 0 Å². The number of H-pyrrole nitrogens is 1. The molecule has 0 atom stereocenters. The number of amides is 1. The number of rotatable bonds is 4. The first kappa shape index (κ1) is 17.9. The number of aromatic nitrogens is 4. The Balaban J connectivity index is 1.59. The number of nitrogens with zero attached hydrogens (tertiary/aromatic N) is 3. The lowest BCUT2D eigenvalue weighted by molar-refractivity contribution is 0.0949. The summed E-state index contributed by atoms with van der Waals surface area (Å²) < 4.78 is 0. The van der Waals surface area contributed by atoms with Crippen LogP contribution >= 0.6 is 0 Å².